The molecule has 1 fully saturated rings. The van der Waals surface area contributed by atoms with Crippen molar-refractivity contribution in [3.63, 3.8) is 0 Å². The summed E-state index contributed by atoms with van der Waals surface area (Å²) >= 11 is 1.40. The molecule has 17 nitrogen and oxygen atoms in total. The Kier molecular flexibility index (Phi) is 16.4. The van der Waals surface area contributed by atoms with Crippen LogP contribution in [0.25, 0.3) is 20.3 Å². The molecule has 2 aromatic heterocycles. The summed E-state index contributed by atoms with van der Waals surface area (Å²) < 4.78 is 26.9. The molecule has 55 heavy (non-hydrogen) atoms. The van der Waals surface area contributed by atoms with E-state index in [4.69, 9.17) is 4.98 Å². The van der Waals surface area contributed by atoms with Gasteiger partial charge in [-0.2, -0.15) is 0 Å². The van der Waals surface area contributed by atoms with E-state index in [1.165, 1.54) is 11.3 Å². The molecule has 0 bridgehead atoms. The number of rotatable bonds is 18. The SMILES string of the molecule is CS(=O)(=O)NCCN1CCN([C@@H](CCCC(=O)O)C(=O)O)CCN(Cc2ccc3c(=O)c4ccccc4sc3n2)CCN([C@@H](CCCC(=O)O)C(=O)O)CC1. The number of nitrogens with one attached hydrogen (secondary N) is 1. The van der Waals surface area contributed by atoms with Crippen LogP contribution in [0.15, 0.2) is 41.2 Å². The van der Waals surface area contributed by atoms with Crippen LogP contribution in [0.2, 0.25) is 0 Å². The standard InChI is InChI=1S/C36H50N6O11S2/c1-55(52,53)37-14-15-39-16-20-41(28(35(48)49)7-4-10-31(43)44)22-18-40(19-23-42(21-17-39)29(36(50)51)8-5-11-32(45)46)24-25-12-13-27-33(47)26-6-2-3-9-30(26)54-34(27)38-25/h2-3,6,9,12-13,28-29,37H,4-5,7-8,10-11,14-24H2,1H3,(H,43,44)(H,45,46)(H,48,49)(H,50,51)/t28-,29-/m0/s1. The van der Waals surface area contributed by atoms with Crippen LogP contribution < -0.4 is 10.2 Å². The fraction of sp³-hybridized carbons (Fsp3) is 0.556. The van der Waals surface area contributed by atoms with Gasteiger partial charge in [0.2, 0.25) is 10.0 Å². The van der Waals surface area contributed by atoms with Crippen molar-refractivity contribution in [3.8, 4) is 0 Å². The molecule has 0 unspecified atom stereocenters. The minimum absolute atomic E-state index is 0.0673. The summed E-state index contributed by atoms with van der Waals surface area (Å²) in [6, 6.07) is 8.84. The van der Waals surface area contributed by atoms with E-state index in [0.29, 0.717) is 54.0 Å². The predicted molar refractivity (Wildman–Crippen MR) is 207 cm³/mol. The first kappa shape index (κ1) is 43.6. The molecule has 5 N–H and O–H groups in total. The Labute approximate surface area is 323 Å². The Morgan fingerprint density at radius 1 is 0.764 bits per heavy atom. The molecular formula is C36H50N6O11S2. The topological polar surface area (TPSA) is 238 Å². The molecular weight excluding hydrogens is 757 g/mol. The molecule has 3 aromatic rings. The first-order chi connectivity index (χ1) is 26.1. The first-order valence-electron chi connectivity index (χ1n) is 18.2. The third-order valence-electron chi connectivity index (χ3n) is 9.68. The summed E-state index contributed by atoms with van der Waals surface area (Å²) in [6.45, 7) is 2.88. The van der Waals surface area contributed by atoms with Gasteiger partial charge in [-0.15, -0.1) is 11.3 Å². The molecule has 302 valence electrons. The lowest BCUT2D eigenvalue weighted by atomic mass is 10.1. The number of fused-ring (bicyclic) bond motifs is 2. The van der Waals surface area contributed by atoms with Gasteiger partial charge < -0.3 is 20.4 Å². The lowest BCUT2D eigenvalue weighted by molar-refractivity contribution is -0.145. The molecule has 1 aliphatic rings. The van der Waals surface area contributed by atoms with Crippen LogP contribution in [0.1, 0.15) is 44.2 Å². The van der Waals surface area contributed by atoms with E-state index in [1.54, 1.807) is 28.0 Å². The van der Waals surface area contributed by atoms with Crippen molar-refractivity contribution in [1.82, 2.24) is 29.3 Å². The first-order valence-corrected chi connectivity index (χ1v) is 20.9. The average Bonchev–Trinajstić information content (AvgIpc) is 3.10. The number of carbonyl (C=O) groups is 4. The number of sulfonamides is 1. The lowest BCUT2D eigenvalue weighted by Crippen LogP contribution is -2.53. The molecule has 0 aliphatic carbocycles. The summed E-state index contributed by atoms with van der Waals surface area (Å²) in [5.74, 6) is -4.24. The van der Waals surface area contributed by atoms with Crippen molar-refractivity contribution in [2.24, 2.45) is 0 Å². The number of aromatic nitrogens is 1. The molecule has 3 heterocycles. The number of nitrogens with zero attached hydrogens (tertiary/aromatic N) is 5. The zero-order chi connectivity index (χ0) is 40.1. The lowest BCUT2D eigenvalue weighted by Gasteiger charge is -2.37. The Morgan fingerprint density at radius 2 is 1.29 bits per heavy atom. The molecule has 0 saturated carbocycles. The van der Waals surface area contributed by atoms with Crippen LogP contribution in [-0.4, -0.2) is 161 Å². The highest BCUT2D eigenvalue weighted by atomic mass is 32.2. The number of aliphatic carboxylic acids is 4. The van der Waals surface area contributed by atoms with Crippen molar-refractivity contribution in [1.29, 1.82) is 0 Å². The van der Waals surface area contributed by atoms with Gasteiger partial charge in [0.05, 0.1) is 17.3 Å². The molecule has 4 rings (SSSR count). The molecule has 0 radical (unpaired) electrons. The number of hydrogen-bond acceptors (Lipinski definition) is 13. The van der Waals surface area contributed by atoms with E-state index in [0.717, 1.165) is 11.0 Å². The number of benzene rings is 1. The van der Waals surface area contributed by atoms with E-state index in [9.17, 15) is 52.8 Å². The van der Waals surface area contributed by atoms with Gasteiger partial charge in [0.1, 0.15) is 16.9 Å². The minimum atomic E-state index is -3.50. The Balaban J connectivity index is 1.67. The van der Waals surface area contributed by atoms with Crippen molar-refractivity contribution in [3.05, 3.63) is 52.3 Å². The Bertz CT molecular complexity index is 1920. The monoisotopic (exact) mass is 806 g/mol. The van der Waals surface area contributed by atoms with Gasteiger partial charge in [0.25, 0.3) is 0 Å². The molecule has 0 amide bonds. The maximum atomic E-state index is 13.2. The minimum Gasteiger partial charge on any atom is -0.481 e. The summed E-state index contributed by atoms with van der Waals surface area (Å²) in [7, 11) is -3.50. The number of pyridine rings is 1. The van der Waals surface area contributed by atoms with Crippen molar-refractivity contribution in [2.75, 3.05) is 71.7 Å². The zero-order valence-corrected chi connectivity index (χ0v) is 32.5. The molecule has 1 aliphatic heterocycles. The van der Waals surface area contributed by atoms with Gasteiger partial charge in [-0.05, 0) is 49.9 Å². The summed E-state index contributed by atoms with van der Waals surface area (Å²) in [6.07, 6.45) is 1.17. The number of hydrogen-bond donors (Lipinski definition) is 5. The normalized spacial score (nSPS) is 17.3. The van der Waals surface area contributed by atoms with Crippen LogP contribution >= 0.6 is 11.3 Å². The van der Waals surface area contributed by atoms with Gasteiger partial charge in [-0.25, -0.2) is 18.1 Å². The van der Waals surface area contributed by atoms with Crippen molar-refractivity contribution >= 4 is 65.5 Å². The molecule has 2 atom stereocenters. The predicted octanol–water partition coefficient (Wildman–Crippen LogP) is 1.50. The maximum absolute atomic E-state index is 13.2. The molecule has 1 saturated heterocycles. The highest BCUT2D eigenvalue weighted by Gasteiger charge is 2.30. The van der Waals surface area contributed by atoms with E-state index in [-0.39, 0.29) is 83.2 Å². The van der Waals surface area contributed by atoms with E-state index < -0.39 is 46.0 Å². The highest BCUT2D eigenvalue weighted by Crippen LogP contribution is 2.24. The van der Waals surface area contributed by atoms with Crippen LogP contribution in [0.5, 0.6) is 0 Å². The van der Waals surface area contributed by atoms with Gasteiger partial charge in [-0.3, -0.25) is 43.6 Å². The van der Waals surface area contributed by atoms with Crippen molar-refractivity contribution < 1.29 is 48.0 Å². The summed E-state index contributed by atoms with van der Waals surface area (Å²) in [4.78, 5) is 74.0. The van der Waals surface area contributed by atoms with Gasteiger partial charge >= 0.3 is 23.9 Å². The number of carboxylic acids is 4. The van der Waals surface area contributed by atoms with Gasteiger partial charge in [0.15, 0.2) is 5.43 Å². The summed E-state index contributed by atoms with van der Waals surface area (Å²) in [5, 5.41) is 40.1. The summed E-state index contributed by atoms with van der Waals surface area (Å²) in [5.41, 5.74) is 0.535. The van der Waals surface area contributed by atoms with Gasteiger partial charge in [-0.1, -0.05) is 12.1 Å². The fourth-order valence-electron chi connectivity index (χ4n) is 6.78. The average molecular weight is 807 g/mol. The third-order valence-corrected chi connectivity index (χ3v) is 11.5. The van der Waals surface area contributed by atoms with E-state index >= 15 is 0 Å². The second kappa shape index (κ2) is 20.7. The van der Waals surface area contributed by atoms with E-state index in [2.05, 4.69) is 4.72 Å². The van der Waals surface area contributed by atoms with Crippen LogP contribution in [0.4, 0.5) is 0 Å². The fourth-order valence-corrected chi connectivity index (χ4v) is 8.30. The highest BCUT2D eigenvalue weighted by molar-refractivity contribution is 7.88. The smallest absolute Gasteiger partial charge is 0.320 e. The second-order valence-electron chi connectivity index (χ2n) is 13.7. The Morgan fingerprint density at radius 3 is 1.80 bits per heavy atom. The van der Waals surface area contributed by atoms with Crippen molar-refractivity contribution in [2.45, 2.75) is 57.2 Å². The van der Waals surface area contributed by atoms with Crippen LogP contribution in [-0.2, 0) is 35.7 Å². The molecule has 19 heteroatoms. The van der Waals surface area contributed by atoms with E-state index in [1.807, 2.05) is 28.0 Å². The maximum Gasteiger partial charge on any atom is 0.320 e. The number of carboxylic acid groups (broad SMARTS) is 4. The second-order valence-corrected chi connectivity index (χ2v) is 16.6. The van der Waals surface area contributed by atoms with Crippen LogP contribution in [0.3, 0.4) is 0 Å². The van der Waals surface area contributed by atoms with Crippen LogP contribution in [0, 0.1) is 0 Å². The third kappa shape index (κ3) is 13.9. The molecule has 0 spiro atoms. The quantitative estimate of drug-likeness (QED) is 0.115. The Hall–Kier alpha value is -4.11. The zero-order valence-electron chi connectivity index (χ0n) is 30.8. The van der Waals surface area contributed by atoms with Gasteiger partial charge in [0, 0.05) is 94.9 Å². The molecule has 1 aromatic carbocycles. The largest absolute Gasteiger partial charge is 0.481 e.